The molecule has 0 bridgehead atoms. The molecule has 0 atom stereocenters. The molecule has 1 amide bonds. The van der Waals surface area contributed by atoms with Crippen LogP contribution in [-0.2, 0) is 4.79 Å². The third kappa shape index (κ3) is 3.65. The lowest BCUT2D eigenvalue weighted by Gasteiger charge is -2.11. The van der Waals surface area contributed by atoms with E-state index >= 15 is 0 Å². The van der Waals surface area contributed by atoms with Crippen LogP contribution in [0.1, 0.15) is 5.56 Å². The number of halogens is 1. The fraction of sp³-hybridized carbons (Fsp3) is 0.133. The van der Waals surface area contributed by atoms with Crippen molar-refractivity contribution in [1.82, 2.24) is 0 Å². The molecule has 0 unspecified atom stereocenters. The summed E-state index contributed by atoms with van der Waals surface area (Å²) < 4.78 is 5.40. The predicted molar refractivity (Wildman–Crippen MR) is 81.2 cm³/mol. The van der Waals surface area contributed by atoms with Crippen LogP contribution in [0.25, 0.3) is 0 Å². The normalized spacial score (nSPS) is 10.1. The first-order valence-corrected chi connectivity index (χ1v) is 6.47. The van der Waals surface area contributed by atoms with Gasteiger partial charge in [-0.1, -0.05) is 29.8 Å². The van der Waals surface area contributed by atoms with Crippen molar-refractivity contribution in [2.75, 3.05) is 17.7 Å². The van der Waals surface area contributed by atoms with Crippen LogP contribution in [-0.4, -0.2) is 12.5 Å². The summed E-state index contributed by atoms with van der Waals surface area (Å²) in [4.78, 5) is 11.8. The molecule has 0 aliphatic rings. The Morgan fingerprint density at radius 2 is 2.05 bits per heavy atom. The topological polar surface area (TPSA) is 64.3 Å². The second kappa shape index (κ2) is 6.30. The molecule has 0 aliphatic heterocycles. The molecule has 0 saturated heterocycles. The average Bonchev–Trinajstić information content (AvgIpc) is 2.41. The van der Waals surface area contributed by atoms with Crippen molar-refractivity contribution in [2.24, 2.45) is 0 Å². The molecule has 4 nitrogen and oxygen atoms in total. The van der Waals surface area contributed by atoms with E-state index in [0.717, 1.165) is 5.56 Å². The van der Waals surface area contributed by atoms with E-state index in [4.69, 9.17) is 22.1 Å². The molecular weight excluding hydrogens is 276 g/mol. The quantitative estimate of drug-likeness (QED) is 0.850. The van der Waals surface area contributed by atoms with E-state index in [1.54, 1.807) is 24.3 Å². The lowest BCUT2D eigenvalue weighted by atomic mass is 10.2. The highest BCUT2D eigenvalue weighted by molar-refractivity contribution is 6.34. The smallest absolute Gasteiger partial charge is 0.262 e. The first-order valence-electron chi connectivity index (χ1n) is 6.09. The Kier molecular flexibility index (Phi) is 4.48. The molecule has 0 radical (unpaired) electrons. The van der Waals surface area contributed by atoms with Crippen molar-refractivity contribution in [1.29, 1.82) is 0 Å². The Bertz CT molecular complexity index is 609. The standard InChI is InChI=1S/C15H15ClN2O2/c1-10-4-2-5-11(8-10)20-9-14(19)18-15-12(16)6-3-7-13(15)17/h2-8H,9,17H2,1H3,(H,18,19). The van der Waals surface area contributed by atoms with E-state index in [-0.39, 0.29) is 12.5 Å². The molecule has 0 heterocycles. The Hall–Kier alpha value is -2.20. The minimum absolute atomic E-state index is 0.103. The number of para-hydroxylation sites is 1. The number of hydrogen-bond acceptors (Lipinski definition) is 3. The van der Waals surface area contributed by atoms with Gasteiger partial charge in [-0.25, -0.2) is 0 Å². The maximum absolute atomic E-state index is 11.8. The number of nitrogen functional groups attached to an aromatic ring is 1. The predicted octanol–water partition coefficient (Wildman–Crippen LogP) is 3.25. The summed E-state index contributed by atoms with van der Waals surface area (Å²) in [5.74, 6) is 0.332. The van der Waals surface area contributed by atoms with Gasteiger partial charge in [0.25, 0.3) is 5.91 Å². The summed E-state index contributed by atoms with van der Waals surface area (Å²) >= 11 is 5.98. The molecule has 0 aliphatic carbocycles. The fourth-order valence-corrected chi connectivity index (χ4v) is 1.93. The number of nitrogens with two attached hydrogens (primary N) is 1. The van der Waals surface area contributed by atoms with Gasteiger partial charge in [-0.2, -0.15) is 0 Å². The zero-order valence-corrected chi connectivity index (χ0v) is 11.8. The summed E-state index contributed by atoms with van der Waals surface area (Å²) in [6.07, 6.45) is 0. The zero-order chi connectivity index (χ0) is 14.5. The molecule has 5 heteroatoms. The Balaban J connectivity index is 1.96. The van der Waals surface area contributed by atoms with Crippen LogP contribution in [0.4, 0.5) is 11.4 Å². The lowest BCUT2D eigenvalue weighted by Crippen LogP contribution is -2.21. The second-order valence-corrected chi connectivity index (χ2v) is 4.76. The highest BCUT2D eigenvalue weighted by Crippen LogP contribution is 2.27. The summed E-state index contributed by atoms with van der Waals surface area (Å²) in [5, 5.41) is 3.04. The number of hydrogen-bond donors (Lipinski definition) is 2. The number of ether oxygens (including phenoxy) is 1. The van der Waals surface area contributed by atoms with Crippen molar-refractivity contribution in [3.05, 3.63) is 53.1 Å². The number of benzene rings is 2. The fourth-order valence-electron chi connectivity index (χ4n) is 1.70. The number of amides is 1. The van der Waals surface area contributed by atoms with Crippen molar-refractivity contribution < 1.29 is 9.53 Å². The van der Waals surface area contributed by atoms with Gasteiger partial charge in [0.2, 0.25) is 0 Å². The molecule has 0 saturated carbocycles. The van der Waals surface area contributed by atoms with Gasteiger partial charge in [0.15, 0.2) is 6.61 Å². The van der Waals surface area contributed by atoms with Crippen LogP contribution in [0.2, 0.25) is 5.02 Å². The summed E-state index contributed by atoms with van der Waals surface area (Å²) in [6, 6.07) is 12.5. The summed E-state index contributed by atoms with van der Waals surface area (Å²) in [7, 11) is 0. The minimum atomic E-state index is -0.314. The molecule has 0 fully saturated rings. The van der Waals surface area contributed by atoms with Crippen LogP contribution in [0.3, 0.4) is 0 Å². The maximum Gasteiger partial charge on any atom is 0.262 e. The van der Waals surface area contributed by atoms with Gasteiger partial charge in [0, 0.05) is 0 Å². The Labute approximate surface area is 122 Å². The Morgan fingerprint density at radius 1 is 1.30 bits per heavy atom. The lowest BCUT2D eigenvalue weighted by molar-refractivity contribution is -0.118. The first-order chi connectivity index (χ1) is 9.56. The van der Waals surface area contributed by atoms with Crippen LogP contribution in [0, 0.1) is 6.92 Å². The summed E-state index contributed by atoms with van der Waals surface area (Å²) in [5.41, 5.74) is 7.65. The van der Waals surface area contributed by atoms with Crippen molar-refractivity contribution >= 4 is 28.9 Å². The number of nitrogens with one attached hydrogen (secondary N) is 1. The largest absolute Gasteiger partial charge is 0.484 e. The van der Waals surface area contributed by atoms with Gasteiger partial charge < -0.3 is 15.8 Å². The Morgan fingerprint density at radius 3 is 2.75 bits per heavy atom. The molecule has 20 heavy (non-hydrogen) atoms. The van der Waals surface area contributed by atoms with E-state index in [1.807, 2.05) is 25.1 Å². The molecule has 2 rings (SSSR count). The monoisotopic (exact) mass is 290 g/mol. The SMILES string of the molecule is Cc1cccc(OCC(=O)Nc2c(N)cccc2Cl)c1. The van der Waals surface area contributed by atoms with E-state index in [2.05, 4.69) is 5.32 Å². The van der Waals surface area contributed by atoms with Crippen molar-refractivity contribution in [3.8, 4) is 5.75 Å². The van der Waals surface area contributed by atoms with Crippen LogP contribution >= 0.6 is 11.6 Å². The second-order valence-electron chi connectivity index (χ2n) is 4.36. The van der Waals surface area contributed by atoms with Crippen LogP contribution in [0.15, 0.2) is 42.5 Å². The van der Waals surface area contributed by atoms with Gasteiger partial charge >= 0.3 is 0 Å². The van der Waals surface area contributed by atoms with Crippen molar-refractivity contribution in [2.45, 2.75) is 6.92 Å². The van der Waals surface area contributed by atoms with Gasteiger partial charge in [0.05, 0.1) is 16.4 Å². The molecule has 0 aromatic heterocycles. The first kappa shape index (κ1) is 14.2. The van der Waals surface area contributed by atoms with E-state index < -0.39 is 0 Å². The van der Waals surface area contributed by atoms with Gasteiger partial charge in [0.1, 0.15) is 5.75 Å². The molecule has 0 spiro atoms. The molecule has 3 N–H and O–H groups in total. The maximum atomic E-state index is 11.8. The van der Waals surface area contributed by atoms with E-state index in [0.29, 0.717) is 22.1 Å². The third-order valence-electron chi connectivity index (χ3n) is 2.67. The molecule has 2 aromatic rings. The van der Waals surface area contributed by atoms with E-state index in [1.165, 1.54) is 0 Å². The van der Waals surface area contributed by atoms with Crippen molar-refractivity contribution in [3.63, 3.8) is 0 Å². The van der Waals surface area contributed by atoms with E-state index in [9.17, 15) is 4.79 Å². The number of aryl methyl sites for hydroxylation is 1. The van der Waals surface area contributed by atoms with Crippen LogP contribution < -0.4 is 15.8 Å². The minimum Gasteiger partial charge on any atom is -0.484 e. The third-order valence-corrected chi connectivity index (χ3v) is 2.98. The van der Waals surface area contributed by atoms with Gasteiger partial charge in [-0.15, -0.1) is 0 Å². The van der Waals surface area contributed by atoms with Gasteiger partial charge in [-0.3, -0.25) is 4.79 Å². The van der Waals surface area contributed by atoms with Crippen LogP contribution in [0.5, 0.6) is 5.75 Å². The zero-order valence-electron chi connectivity index (χ0n) is 11.0. The number of carbonyl (C=O) groups excluding carboxylic acids is 1. The van der Waals surface area contributed by atoms with Gasteiger partial charge in [-0.05, 0) is 36.8 Å². The average molecular weight is 291 g/mol. The highest BCUT2D eigenvalue weighted by Gasteiger charge is 2.09. The number of carbonyl (C=O) groups is 1. The molecular formula is C15H15ClN2O2. The number of rotatable bonds is 4. The molecule has 104 valence electrons. The number of anilines is 2. The summed E-state index contributed by atoms with van der Waals surface area (Å²) in [6.45, 7) is 1.85. The highest BCUT2D eigenvalue weighted by atomic mass is 35.5. The molecule has 2 aromatic carbocycles.